The lowest BCUT2D eigenvalue weighted by Crippen LogP contribution is -2.33. The van der Waals surface area contributed by atoms with Gasteiger partial charge in [0.25, 0.3) is 11.8 Å². The molecular formula is C24H30N2O6S4. The van der Waals surface area contributed by atoms with Crippen LogP contribution in [0.4, 0.5) is 0 Å². The van der Waals surface area contributed by atoms with E-state index in [9.17, 15) is 19.2 Å². The average Bonchev–Trinajstić information content (AvgIpc) is 3.31. The summed E-state index contributed by atoms with van der Waals surface area (Å²) in [6, 6.07) is 0. The second-order valence-electron chi connectivity index (χ2n) is 9.31. The Labute approximate surface area is 230 Å². The molecular weight excluding hydrogens is 541 g/mol. The van der Waals surface area contributed by atoms with Crippen molar-refractivity contribution in [2.24, 2.45) is 0 Å². The fraction of sp³-hybridized carbons (Fsp3) is 0.667. The maximum Gasteiger partial charge on any atom is 0.307 e. The van der Waals surface area contributed by atoms with Gasteiger partial charge in [0.15, 0.2) is 0 Å². The predicted molar refractivity (Wildman–Crippen MR) is 146 cm³/mol. The number of ether oxygens (including phenoxy) is 2. The van der Waals surface area contributed by atoms with Crippen molar-refractivity contribution in [1.29, 1.82) is 0 Å². The maximum absolute atomic E-state index is 13.1. The summed E-state index contributed by atoms with van der Waals surface area (Å²) in [5.74, 6) is -1.51. The first-order valence-electron chi connectivity index (χ1n) is 12.5. The van der Waals surface area contributed by atoms with Gasteiger partial charge in [-0.1, -0.05) is 60.8 Å². The highest BCUT2D eigenvalue weighted by Crippen LogP contribution is 2.42. The summed E-state index contributed by atoms with van der Waals surface area (Å²) >= 11 is 12.8. The van der Waals surface area contributed by atoms with Crippen LogP contribution in [0.1, 0.15) is 77.0 Å². The molecule has 0 atom stereocenters. The second kappa shape index (κ2) is 12.8. The highest BCUT2D eigenvalue weighted by atomic mass is 32.2. The zero-order chi connectivity index (χ0) is 25.7. The Morgan fingerprint density at radius 1 is 0.694 bits per heavy atom. The molecule has 4 aliphatic rings. The first-order valence-corrected chi connectivity index (χ1v) is 15.0. The van der Waals surface area contributed by atoms with Gasteiger partial charge in [0.2, 0.25) is 0 Å². The molecule has 0 N–H and O–H groups in total. The van der Waals surface area contributed by atoms with Crippen LogP contribution in [-0.2, 0) is 28.7 Å². The Kier molecular flexibility index (Phi) is 9.82. The number of rotatable bonds is 8. The van der Waals surface area contributed by atoms with E-state index in [0.717, 1.165) is 74.9 Å². The van der Waals surface area contributed by atoms with Gasteiger partial charge in [0, 0.05) is 13.1 Å². The molecule has 2 saturated heterocycles. The third-order valence-electron chi connectivity index (χ3n) is 6.68. The van der Waals surface area contributed by atoms with Crippen molar-refractivity contribution in [1.82, 2.24) is 9.80 Å². The highest BCUT2D eigenvalue weighted by molar-refractivity contribution is 8.29. The third-order valence-corrected chi connectivity index (χ3v) is 9.71. The summed E-state index contributed by atoms with van der Waals surface area (Å²) in [5.41, 5.74) is 0. The van der Waals surface area contributed by atoms with Crippen LogP contribution in [0.3, 0.4) is 0 Å². The molecule has 36 heavy (non-hydrogen) atoms. The van der Waals surface area contributed by atoms with Crippen LogP contribution in [0.5, 0.6) is 0 Å². The summed E-state index contributed by atoms with van der Waals surface area (Å²) < 4.78 is 11.6. The molecule has 2 amide bonds. The number of hydrogen-bond acceptors (Lipinski definition) is 10. The number of esters is 2. The largest absolute Gasteiger partial charge is 0.462 e. The topological polar surface area (TPSA) is 93.2 Å². The molecule has 0 spiro atoms. The van der Waals surface area contributed by atoms with Gasteiger partial charge in [0.1, 0.15) is 20.8 Å². The molecule has 0 aromatic rings. The maximum atomic E-state index is 13.1. The third kappa shape index (κ3) is 6.87. The van der Waals surface area contributed by atoms with Gasteiger partial charge < -0.3 is 9.47 Å². The standard InChI is InChI=1S/C24H30N2O6S4/c27-17(31-15-7-3-1-4-8-15)11-13-25-21(29)19(35-23(25)33)20-22(30)26(24(34)36-20)14-12-18(28)32-16-9-5-2-6-10-16/h15-16H,1-14H2. The minimum Gasteiger partial charge on any atom is -0.462 e. The Morgan fingerprint density at radius 3 is 1.42 bits per heavy atom. The predicted octanol–water partition coefficient (Wildman–Crippen LogP) is 4.45. The molecule has 2 saturated carbocycles. The molecule has 4 rings (SSSR count). The summed E-state index contributed by atoms with van der Waals surface area (Å²) in [5, 5.41) is 0. The highest BCUT2D eigenvalue weighted by Gasteiger charge is 2.42. The SMILES string of the molecule is O=C(CCN1C(=O)C(=C2SC(=S)N(CCC(=O)OC3CCCCC3)C2=O)SC1=S)OC1CCCCC1. The first-order chi connectivity index (χ1) is 17.3. The van der Waals surface area contributed by atoms with E-state index >= 15 is 0 Å². The fourth-order valence-corrected chi connectivity index (χ4v) is 7.49. The van der Waals surface area contributed by atoms with Crippen LogP contribution < -0.4 is 0 Å². The molecule has 0 bridgehead atoms. The summed E-state index contributed by atoms with van der Waals surface area (Å²) in [4.78, 5) is 53.8. The lowest BCUT2D eigenvalue weighted by atomic mass is 9.98. The number of hydrogen-bond donors (Lipinski definition) is 0. The van der Waals surface area contributed by atoms with E-state index < -0.39 is 11.8 Å². The molecule has 0 aromatic carbocycles. The van der Waals surface area contributed by atoms with Crippen molar-refractivity contribution in [2.75, 3.05) is 13.1 Å². The average molecular weight is 571 g/mol. The van der Waals surface area contributed by atoms with Crippen molar-refractivity contribution in [2.45, 2.75) is 89.3 Å². The van der Waals surface area contributed by atoms with E-state index in [2.05, 4.69) is 0 Å². The molecule has 196 valence electrons. The van der Waals surface area contributed by atoms with Crippen molar-refractivity contribution in [3.63, 3.8) is 0 Å². The molecule has 0 aromatic heterocycles. The summed E-state index contributed by atoms with van der Waals surface area (Å²) in [6.07, 6.45) is 10.1. The Morgan fingerprint density at radius 2 is 1.06 bits per heavy atom. The number of nitrogens with zero attached hydrogens (tertiary/aromatic N) is 2. The summed E-state index contributed by atoms with van der Waals surface area (Å²) in [7, 11) is 0. The van der Waals surface area contributed by atoms with Crippen molar-refractivity contribution in [3.05, 3.63) is 9.81 Å². The van der Waals surface area contributed by atoms with Crippen LogP contribution in [0.15, 0.2) is 9.81 Å². The molecule has 12 heteroatoms. The van der Waals surface area contributed by atoms with E-state index in [1.165, 1.54) is 22.6 Å². The van der Waals surface area contributed by atoms with Crippen molar-refractivity contribution >= 4 is 80.4 Å². The van der Waals surface area contributed by atoms with Crippen LogP contribution in [0, 0.1) is 0 Å². The second-order valence-corrected chi connectivity index (χ2v) is 12.6. The number of carbonyl (C=O) groups excluding carboxylic acids is 4. The Bertz CT molecular complexity index is 896. The van der Waals surface area contributed by atoms with Crippen LogP contribution in [-0.4, -0.2) is 67.5 Å². The van der Waals surface area contributed by atoms with E-state index in [0.29, 0.717) is 8.64 Å². The van der Waals surface area contributed by atoms with Crippen molar-refractivity contribution in [3.8, 4) is 0 Å². The van der Waals surface area contributed by atoms with Crippen LogP contribution in [0.2, 0.25) is 0 Å². The Hall–Kier alpha value is -1.50. The minimum absolute atomic E-state index is 0.0419. The Balaban J connectivity index is 1.30. The van der Waals surface area contributed by atoms with Crippen LogP contribution in [0.25, 0.3) is 0 Å². The normalized spacial score (nSPS) is 24.1. The number of amides is 2. The molecule has 2 heterocycles. The molecule has 0 radical (unpaired) electrons. The van der Waals surface area contributed by atoms with E-state index in [1.54, 1.807) is 0 Å². The number of thioether (sulfide) groups is 2. The molecule has 2 aliphatic heterocycles. The van der Waals surface area contributed by atoms with Gasteiger partial charge in [-0.05, 0) is 51.4 Å². The van der Waals surface area contributed by atoms with E-state index in [4.69, 9.17) is 33.9 Å². The quantitative estimate of drug-likeness (QED) is 0.237. The number of thiocarbonyl (C=S) groups is 2. The number of carbonyl (C=O) groups is 4. The lowest BCUT2D eigenvalue weighted by molar-refractivity contribution is -0.151. The van der Waals surface area contributed by atoms with Gasteiger partial charge in [-0.2, -0.15) is 0 Å². The molecule has 8 nitrogen and oxygen atoms in total. The molecule has 0 unspecified atom stereocenters. The van der Waals surface area contributed by atoms with Gasteiger partial charge in [0.05, 0.1) is 22.7 Å². The lowest BCUT2D eigenvalue weighted by Gasteiger charge is -2.22. The molecule has 2 aliphatic carbocycles. The van der Waals surface area contributed by atoms with Gasteiger partial charge in [-0.25, -0.2) is 0 Å². The fourth-order valence-electron chi connectivity index (χ4n) is 4.72. The monoisotopic (exact) mass is 570 g/mol. The van der Waals surface area contributed by atoms with Gasteiger partial charge in [-0.15, -0.1) is 0 Å². The van der Waals surface area contributed by atoms with Crippen molar-refractivity contribution < 1.29 is 28.7 Å². The van der Waals surface area contributed by atoms with Crippen LogP contribution >= 0.6 is 48.0 Å². The van der Waals surface area contributed by atoms with Gasteiger partial charge in [-0.3, -0.25) is 29.0 Å². The molecule has 4 fully saturated rings. The smallest absolute Gasteiger partial charge is 0.307 e. The summed E-state index contributed by atoms with van der Waals surface area (Å²) in [6.45, 7) is 0.208. The zero-order valence-corrected chi connectivity index (χ0v) is 23.3. The van der Waals surface area contributed by atoms with Gasteiger partial charge >= 0.3 is 11.9 Å². The van der Waals surface area contributed by atoms with E-state index in [-0.39, 0.29) is 59.9 Å². The zero-order valence-electron chi connectivity index (χ0n) is 20.0. The first kappa shape index (κ1) is 27.5. The van der Waals surface area contributed by atoms with E-state index in [1.807, 2.05) is 0 Å². The minimum atomic E-state index is -0.410.